The monoisotopic (exact) mass is 620 g/mol. The van der Waals surface area contributed by atoms with Gasteiger partial charge < -0.3 is 14.5 Å². The van der Waals surface area contributed by atoms with Gasteiger partial charge in [0, 0.05) is 21.4 Å². The molecule has 0 radical (unpaired) electrons. The summed E-state index contributed by atoms with van der Waals surface area (Å²) < 4.78 is 11.3. The molecule has 11 heteroatoms. The minimum Gasteiger partial charge on any atom is -0.489 e. The Morgan fingerprint density at radius 1 is 1.02 bits per heavy atom. The first-order valence-corrected chi connectivity index (χ1v) is 15.3. The van der Waals surface area contributed by atoms with E-state index in [-0.39, 0.29) is 18.1 Å². The number of carbonyl (C=O) groups excluding carboxylic acids is 3. The molecule has 42 heavy (non-hydrogen) atoms. The van der Waals surface area contributed by atoms with Crippen molar-refractivity contribution in [2.75, 3.05) is 11.5 Å². The number of halogens is 1. The van der Waals surface area contributed by atoms with Crippen LogP contribution in [0, 0.1) is 12.8 Å². The van der Waals surface area contributed by atoms with Crippen LogP contribution in [0.1, 0.15) is 44.8 Å². The van der Waals surface area contributed by atoms with E-state index in [9.17, 15) is 19.2 Å². The number of thioether (sulfide) groups is 1. The molecule has 3 atom stereocenters. The zero-order chi connectivity index (χ0) is 29.5. The lowest BCUT2D eigenvalue weighted by Crippen LogP contribution is -2.32. The average molecular weight is 621 g/mol. The number of nitrogens with zero attached hydrogens (tertiary/aromatic N) is 1. The molecule has 0 bridgehead atoms. The largest absolute Gasteiger partial charge is 0.489 e. The molecule has 1 saturated heterocycles. The van der Waals surface area contributed by atoms with Crippen LogP contribution < -0.4 is 14.5 Å². The Morgan fingerprint density at radius 3 is 2.55 bits per heavy atom. The van der Waals surface area contributed by atoms with E-state index < -0.39 is 34.9 Å². The second-order valence-electron chi connectivity index (χ2n) is 9.99. The topological polar surface area (TPSA) is 106 Å². The summed E-state index contributed by atoms with van der Waals surface area (Å²) in [6.07, 6.45) is 0. The molecule has 4 aromatic rings. The number of fused-ring (bicyclic) bond motifs is 2. The molecule has 0 spiro atoms. The number of aromatic nitrogens is 1. The number of aromatic amines is 1. The third-order valence-corrected chi connectivity index (χ3v) is 9.88. The summed E-state index contributed by atoms with van der Waals surface area (Å²) in [5.74, 6) is -2.23. The maximum atomic E-state index is 14.1. The molecule has 0 aliphatic carbocycles. The Kier molecular flexibility index (Phi) is 7.69. The molecule has 3 aromatic carbocycles. The van der Waals surface area contributed by atoms with E-state index in [4.69, 9.17) is 21.1 Å². The number of rotatable bonds is 7. The van der Waals surface area contributed by atoms with Crippen LogP contribution in [-0.2, 0) is 20.9 Å². The van der Waals surface area contributed by atoms with Gasteiger partial charge in [0.2, 0.25) is 11.8 Å². The molecule has 1 aromatic heterocycles. The molecule has 1 fully saturated rings. The van der Waals surface area contributed by atoms with Crippen LogP contribution in [-0.4, -0.2) is 34.6 Å². The summed E-state index contributed by atoms with van der Waals surface area (Å²) in [6.45, 7) is 4.24. The summed E-state index contributed by atoms with van der Waals surface area (Å²) in [4.78, 5) is 57.0. The van der Waals surface area contributed by atoms with Crippen molar-refractivity contribution in [3.63, 3.8) is 0 Å². The first-order chi connectivity index (χ1) is 20.2. The first kappa shape index (κ1) is 28.3. The summed E-state index contributed by atoms with van der Waals surface area (Å²) in [5.41, 5.74) is 3.38. The maximum Gasteiger partial charge on any atom is 0.338 e. The van der Waals surface area contributed by atoms with Gasteiger partial charge in [0.15, 0.2) is 0 Å². The number of thiazole rings is 1. The van der Waals surface area contributed by atoms with Gasteiger partial charge >= 0.3 is 10.8 Å². The van der Waals surface area contributed by atoms with Crippen molar-refractivity contribution < 1.29 is 23.9 Å². The van der Waals surface area contributed by atoms with E-state index in [1.807, 2.05) is 31.2 Å². The standard InChI is InChI=1S/C31H25ClN2O6S2/c1-3-39-30(37)18-7-10-20(11-8-18)34-28(35)24-23(25-27(33-31(38)42-25)41-26(24)29(34)36)21-14-19(32)9-12-22(21)40-15-17-6-4-5-16(2)13-17/h4-14,23-24,26H,3,15H2,1-2H3,(H,33,38)/t23-,24?,26?/m1/s1. The number of carbonyl (C=O) groups is 3. The highest BCUT2D eigenvalue weighted by molar-refractivity contribution is 8.00. The van der Waals surface area contributed by atoms with Crippen LogP contribution in [0.15, 0.2) is 76.6 Å². The van der Waals surface area contributed by atoms with Gasteiger partial charge in [-0.25, -0.2) is 9.69 Å². The number of H-pyrrole nitrogens is 1. The lowest BCUT2D eigenvalue weighted by Gasteiger charge is -2.31. The fraction of sp³-hybridized carbons (Fsp3) is 0.226. The highest BCUT2D eigenvalue weighted by atomic mass is 35.5. The smallest absolute Gasteiger partial charge is 0.338 e. The van der Waals surface area contributed by atoms with Gasteiger partial charge in [0.05, 0.1) is 28.8 Å². The number of esters is 1. The zero-order valence-corrected chi connectivity index (χ0v) is 25.0. The molecule has 1 N–H and O–H groups in total. The van der Waals surface area contributed by atoms with Gasteiger partial charge in [-0.3, -0.25) is 14.4 Å². The van der Waals surface area contributed by atoms with Crippen LogP contribution in [0.2, 0.25) is 5.02 Å². The molecule has 0 saturated carbocycles. The van der Waals surface area contributed by atoms with E-state index in [1.165, 1.54) is 23.9 Å². The third-order valence-electron chi connectivity index (χ3n) is 7.24. The fourth-order valence-electron chi connectivity index (χ4n) is 5.42. The van der Waals surface area contributed by atoms with Crippen LogP contribution in [0.3, 0.4) is 0 Å². The van der Waals surface area contributed by atoms with Crippen molar-refractivity contribution in [2.24, 2.45) is 5.92 Å². The van der Waals surface area contributed by atoms with Crippen molar-refractivity contribution in [1.82, 2.24) is 4.98 Å². The molecular weight excluding hydrogens is 596 g/mol. The summed E-state index contributed by atoms with van der Waals surface area (Å²) in [5, 5.41) is 0.213. The SMILES string of the molecule is CCOC(=O)c1ccc(N2C(=O)C3Sc4[nH]c(=O)sc4[C@H](c4cc(Cl)ccc4OCc4cccc(C)c4)C3C2=O)cc1. The van der Waals surface area contributed by atoms with Gasteiger partial charge in [-0.05, 0) is 61.9 Å². The highest BCUT2D eigenvalue weighted by Crippen LogP contribution is 2.54. The summed E-state index contributed by atoms with van der Waals surface area (Å²) in [6, 6.07) is 19.4. The Balaban J connectivity index is 1.39. The molecule has 6 rings (SSSR count). The Hall–Kier alpha value is -3.86. The third kappa shape index (κ3) is 5.14. The van der Waals surface area contributed by atoms with Crippen molar-refractivity contribution >= 4 is 58.2 Å². The van der Waals surface area contributed by atoms with E-state index in [0.717, 1.165) is 27.4 Å². The lowest BCUT2D eigenvalue weighted by molar-refractivity contribution is -0.122. The minimum atomic E-state index is -0.814. The average Bonchev–Trinajstić information content (AvgIpc) is 3.46. The minimum absolute atomic E-state index is 0.234. The van der Waals surface area contributed by atoms with Gasteiger partial charge in [-0.2, -0.15) is 0 Å². The van der Waals surface area contributed by atoms with Crippen LogP contribution >= 0.6 is 34.7 Å². The van der Waals surface area contributed by atoms with Crippen LogP contribution in [0.25, 0.3) is 0 Å². The molecule has 3 heterocycles. The second-order valence-corrected chi connectivity index (χ2v) is 12.6. The van der Waals surface area contributed by atoms with E-state index in [2.05, 4.69) is 4.98 Å². The molecule has 2 aliphatic heterocycles. The number of nitrogens with one attached hydrogen (secondary N) is 1. The number of ether oxygens (including phenoxy) is 2. The number of imide groups is 1. The number of hydrogen-bond acceptors (Lipinski definition) is 8. The summed E-state index contributed by atoms with van der Waals surface area (Å²) >= 11 is 8.68. The number of hydrogen-bond donors (Lipinski definition) is 1. The zero-order valence-electron chi connectivity index (χ0n) is 22.6. The highest BCUT2D eigenvalue weighted by Gasteiger charge is 2.56. The molecule has 2 unspecified atom stereocenters. The first-order valence-electron chi connectivity index (χ1n) is 13.3. The van der Waals surface area contributed by atoms with Gasteiger partial charge in [-0.15, -0.1) is 0 Å². The Bertz CT molecular complexity index is 1770. The Morgan fingerprint density at radius 2 is 1.81 bits per heavy atom. The maximum absolute atomic E-state index is 14.1. The summed E-state index contributed by atoms with van der Waals surface area (Å²) in [7, 11) is 0. The molecule has 2 amide bonds. The predicted octanol–water partition coefficient (Wildman–Crippen LogP) is 5.95. The van der Waals surface area contributed by atoms with E-state index >= 15 is 0 Å². The van der Waals surface area contributed by atoms with Gasteiger partial charge in [-0.1, -0.05) is 64.5 Å². The van der Waals surface area contributed by atoms with Crippen molar-refractivity contribution in [1.29, 1.82) is 0 Å². The second kappa shape index (κ2) is 11.4. The molecular formula is C31H25ClN2O6S2. The molecule has 2 aliphatic rings. The van der Waals surface area contributed by atoms with Crippen LogP contribution in [0.5, 0.6) is 5.75 Å². The van der Waals surface area contributed by atoms with Crippen molar-refractivity contribution in [3.8, 4) is 5.75 Å². The van der Waals surface area contributed by atoms with Gasteiger partial charge in [0.1, 0.15) is 17.6 Å². The van der Waals surface area contributed by atoms with E-state index in [1.54, 1.807) is 37.3 Å². The van der Waals surface area contributed by atoms with Crippen molar-refractivity contribution in [3.05, 3.63) is 109 Å². The molecule has 214 valence electrons. The number of benzene rings is 3. The lowest BCUT2D eigenvalue weighted by atomic mass is 9.82. The van der Waals surface area contributed by atoms with Crippen LogP contribution in [0.4, 0.5) is 5.69 Å². The predicted molar refractivity (Wildman–Crippen MR) is 162 cm³/mol. The Labute approximate surface area is 254 Å². The van der Waals surface area contributed by atoms with E-state index in [0.29, 0.717) is 37.5 Å². The molecule has 8 nitrogen and oxygen atoms in total. The van der Waals surface area contributed by atoms with Crippen molar-refractivity contribution in [2.45, 2.75) is 36.6 Å². The number of aryl methyl sites for hydroxylation is 1. The fourth-order valence-corrected chi connectivity index (χ4v) is 8.11. The normalized spacial score (nSPS) is 19.4. The number of amides is 2. The quantitative estimate of drug-likeness (QED) is 0.201. The number of anilines is 1. The van der Waals surface area contributed by atoms with Gasteiger partial charge in [0.25, 0.3) is 0 Å².